The number of amides is 1. The Morgan fingerprint density at radius 2 is 2.00 bits per heavy atom. The molecule has 1 aromatic rings. The zero-order valence-corrected chi connectivity index (χ0v) is 13.4. The van der Waals surface area contributed by atoms with E-state index in [1.165, 1.54) is 5.56 Å². The zero-order chi connectivity index (χ0) is 15.3. The van der Waals surface area contributed by atoms with E-state index in [1.54, 1.807) is 4.90 Å². The minimum atomic E-state index is -0.0928. The molecule has 0 aliphatic rings. The van der Waals surface area contributed by atoms with Crippen molar-refractivity contribution in [2.24, 2.45) is 17.1 Å². The van der Waals surface area contributed by atoms with Gasteiger partial charge >= 0.3 is 0 Å². The van der Waals surface area contributed by atoms with Crippen LogP contribution in [0, 0.1) is 18.3 Å². The highest BCUT2D eigenvalue weighted by Gasteiger charge is 2.26. The third-order valence-corrected chi connectivity index (χ3v) is 3.37. The summed E-state index contributed by atoms with van der Waals surface area (Å²) in [5.41, 5.74) is 8.28. The Balaban J connectivity index is 2.70. The SMILES string of the molecule is Cc1cccc(CN(C)C(=O)C(CN)CC(C)(C)C)c1. The molecule has 1 atom stereocenters. The van der Waals surface area contributed by atoms with Gasteiger partial charge in [0.15, 0.2) is 0 Å². The summed E-state index contributed by atoms with van der Waals surface area (Å²) in [4.78, 5) is 14.3. The van der Waals surface area contributed by atoms with Crippen molar-refractivity contribution < 1.29 is 4.79 Å². The summed E-state index contributed by atoms with van der Waals surface area (Å²) in [7, 11) is 1.86. The molecule has 20 heavy (non-hydrogen) atoms. The summed E-state index contributed by atoms with van der Waals surface area (Å²) in [5, 5.41) is 0. The molecule has 0 aromatic heterocycles. The van der Waals surface area contributed by atoms with Crippen LogP contribution in [-0.2, 0) is 11.3 Å². The molecule has 0 aliphatic carbocycles. The maximum absolute atomic E-state index is 12.5. The molecule has 2 N–H and O–H groups in total. The van der Waals surface area contributed by atoms with Crippen LogP contribution in [0.5, 0.6) is 0 Å². The van der Waals surface area contributed by atoms with Crippen LogP contribution in [0.25, 0.3) is 0 Å². The number of nitrogens with two attached hydrogens (primary N) is 1. The lowest BCUT2D eigenvalue weighted by Crippen LogP contribution is -2.38. The Morgan fingerprint density at radius 3 is 2.50 bits per heavy atom. The van der Waals surface area contributed by atoms with Crippen molar-refractivity contribution in [3.05, 3.63) is 35.4 Å². The lowest BCUT2D eigenvalue weighted by Gasteiger charge is -2.28. The Labute approximate surface area is 123 Å². The summed E-state index contributed by atoms with van der Waals surface area (Å²) in [5.74, 6) is 0.0498. The van der Waals surface area contributed by atoms with Gasteiger partial charge in [-0.05, 0) is 24.3 Å². The molecular formula is C17H28N2O. The molecule has 1 unspecified atom stereocenters. The van der Waals surface area contributed by atoms with Crippen molar-refractivity contribution in [1.82, 2.24) is 4.90 Å². The van der Waals surface area contributed by atoms with E-state index in [4.69, 9.17) is 5.73 Å². The van der Waals surface area contributed by atoms with E-state index in [1.807, 2.05) is 13.1 Å². The van der Waals surface area contributed by atoms with Crippen molar-refractivity contribution >= 4 is 5.91 Å². The number of benzene rings is 1. The standard InChI is InChI=1S/C17H28N2O/c1-13-7-6-8-14(9-13)12-19(5)16(20)15(11-18)10-17(2,3)4/h6-9,15H,10-12,18H2,1-5H3. The fourth-order valence-electron chi connectivity index (χ4n) is 2.48. The lowest BCUT2D eigenvalue weighted by atomic mass is 9.84. The number of nitrogens with zero attached hydrogens (tertiary/aromatic N) is 1. The Kier molecular flexibility index (Phi) is 5.75. The Morgan fingerprint density at radius 1 is 1.35 bits per heavy atom. The molecule has 3 heteroatoms. The Bertz CT molecular complexity index is 449. The first-order chi connectivity index (χ1) is 9.23. The van der Waals surface area contributed by atoms with Crippen molar-refractivity contribution in [2.75, 3.05) is 13.6 Å². The fraction of sp³-hybridized carbons (Fsp3) is 0.588. The van der Waals surface area contributed by atoms with Gasteiger partial charge in [-0.15, -0.1) is 0 Å². The van der Waals surface area contributed by atoms with E-state index in [2.05, 4.69) is 45.9 Å². The van der Waals surface area contributed by atoms with Crippen LogP contribution >= 0.6 is 0 Å². The van der Waals surface area contributed by atoms with Crippen molar-refractivity contribution in [1.29, 1.82) is 0 Å². The first-order valence-electron chi connectivity index (χ1n) is 7.23. The summed E-state index contributed by atoms with van der Waals surface area (Å²) in [6.07, 6.45) is 0.820. The second-order valence-electron chi connectivity index (χ2n) is 6.88. The monoisotopic (exact) mass is 276 g/mol. The number of hydrogen-bond donors (Lipinski definition) is 1. The topological polar surface area (TPSA) is 46.3 Å². The van der Waals surface area contributed by atoms with Crippen LogP contribution < -0.4 is 5.73 Å². The van der Waals surface area contributed by atoms with Gasteiger partial charge in [0.1, 0.15) is 0 Å². The van der Waals surface area contributed by atoms with Gasteiger partial charge in [0.25, 0.3) is 0 Å². The van der Waals surface area contributed by atoms with Gasteiger partial charge in [-0.3, -0.25) is 4.79 Å². The number of carbonyl (C=O) groups excluding carboxylic acids is 1. The van der Waals surface area contributed by atoms with E-state index < -0.39 is 0 Å². The van der Waals surface area contributed by atoms with E-state index in [0.29, 0.717) is 13.1 Å². The maximum Gasteiger partial charge on any atom is 0.227 e. The number of hydrogen-bond acceptors (Lipinski definition) is 2. The van der Waals surface area contributed by atoms with Gasteiger partial charge in [-0.1, -0.05) is 50.6 Å². The van der Waals surface area contributed by atoms with E-state index >= 15 is 0 Å². The molecule has 0 fully saturated rings. The quantitative estimate of drug-likeness (QED) is 0.898. The average molecular weight is 276 g/mol. The molecule has 0 aliphatic heterocycles. The summed E-state index contributed by atoms with van der Waals surface area (Å²) in [6, 6.07) is 8.26. The van der Waals surface area contributed by atoms with Gasteiger partial charge in [0.2, 0.25) is 5.91 Å². The first-order valence-corrected chi connectivity index (χ1v) is 7.23. The minimum Gasteiger partial charge on any atom is -0.341 e. The molecule has 0 bridgehead atoms. The van der Waals surface area contributed by atoms with Gasteiger partial charge in [0.05, 0.1) is 5.92 Å². The molecule has 0 spiro atoms. The summed E-state index contributed by atoms with van der Waals surface area (Å²) < 4.78 is 0. The van der Waals surface area contributed by atoms with Crippen LogP contribution in [0.3, 0.4) is 0 Å². The maximum atomic E-state index is 12.5. The fourth-order valence-corrected chi connectivity index (χ4v) is 2.48. The smallest absolute Gasteiger partial charge is 0.227 e. The van der Waals surface area contributed by atoms with Crippen LogP contribution in [0.15, 0.2) is 24.3 Å². The van der Waals surface area contributed by atoms with E-state index in [9.17, 15) is 4.79 Å². The number of rotatable bonds is 5. The molecule has 1 aromatic carbocycles. The molecule has 1 rings (SSSR count). The minimum absolute atomic E-state index is 0.0928. The van der Waals surface area contributed by atoms with Gasteiger partial charge in [-0.25, -0.2) is 0 Å². The zero-order valence-electron chi connectivity index (χ0n) is 13.4. The predicted molar refractivity (Wildman–Crippen MR) is 84.3 cm³/mol. The molecule has 1 amide bonds. The highest BCUT2D eigenvalue weighted by atomic mass is 16.2. The van der Waals surface area contributed by atoms with Crippen LogP contribution in [-0.4, -0.2) is 24.4 Å². The Hall–Kier alpha value is -1.35. The summed E-state index contributed by atoms with van der Waals surface area (Å²) in [6.45, 7) is 9.54. The van der Waals surface area contributed by atoms with E-state index in [0.717, 1.165) is 12.0 Å². The normalized spacial score (nSPS) is 13.1. The van der Waals surface area contributed by atoms with Gasteiger partial charge in [0, 0.05) is 20.1 Å². The largest absolute Gasteiger partial charge is 0.341 e. The molecule has 0 heterocycles. The molecule has 0 saturated heterocycles. The lowest BCUT2D eigenvalue weighted by molar-refractivity contribution is -0.135. The van der Waals surface area contributed by atoms with Crippen LogP contribution in [0.2, 0.25) is 0 Å². The predicted octanol–water partition coefficient (Wildman–Crippen LogP) is 2.96. The van der Waals surface area contributed by atoms with Crippen molar-refractivity contribution in [3.63, 3.8) is 0 Å². The summed E-state index contributed by atoms with van der Waals surface area (Å²) >= 11 is 0. The highest BCUT2D eigenvalue weighted by molar-refractivity contribution is 5.78. The molecule has 112 valence electrons. The third-order valence-electron chi connectivity index (χ3n) is 3.37. The second kappa shape index (κ2) is 6.89. The second-order valence-corrected chi connectivity index (χ2v) is 6.88. The van der Waals surface area contributed by atoms with Crippen molar-refractivity contribution in [3.8, 4) is 0 Å². The molecule has 3 nitrogen and oxygen atoms in total. The third kappa shape index (κ3) is 5.33. The molecule has 0 radical (unpaired) electrons. The highest BCUT2D eigenvalue weighted by Crippen LogP contribution is 2.25. The number of aryl methyl sites for hydroxylation is 1. The molecule has 0 saturated carbocycles. The number of carbonyl (C=O) groups is 1. The average Bonchev–Trinajstić information content (AvgIpc) is 2.34. The van der Waals surface area contributed by atoms with Gasteiger partial charge in [-0.2, -0.15) is 0 Å². The molecular weight excluding hydrogens is 248 g/mol. The van der Waals surface area contributed by atoms with Crippen LogP contribution in [0.4, 0.5) is 0 Å². The van der Waals surface area contributed by atoms with Crippen LogP contribution in [0.1, 0.15) is 38.3 Å². The van der Waals surface area contributed by atoms with Crippen molar-refractivity contribution in [2.45, 2.75) is 40.7 Å². The first kappa shape index (κ1) is 16.7. The van der Waals surface area contributed by atoms with E-state index in [-0.39, 0.29) is 17.2 Å². The van der Waals surface area contributed by atoms with Gasteiger partial charge < -0.3 is 10.6 Å².